The van der Waals surface area contributed by atoms with E-state index in [2.05, 4.69) is 47.8 Å². The second kappa shape index (κ2) is 5.79. The molecule has 0 aliphatic heterocycles. The number of likely N-dealkylation sites (N-methyl/N-ethyl adjacent to an activating group) is 1. The van der Waals surface area contributed by atoms with Gasteiger partial charge in [-0.3, -0.25) is 0 Å². The van der Waals surface area contributed by atoms with Crippen molar-refractivity contribution in [2.24, 2.45) is 5.92 Å². The standard InChI is InChI=1S/C17H24N2/c1-18-11-15(13-7-3-2-4-8-13)16-12-19-17-10-6-5-9-14(16)17/h5-6,9-10,12-13,15,18-19H,2-4,7-8,11H2,1H3. The first-order valence-corrected chi connectivity index (χ1v) is 7.61. The van der Waals surface area contributed by atoms with E-state index >= 15 is 0 Å². The molecule has 1 aromatic heterocycles. The van der Waals surface area contributed by atoms with Gasteiger partial charge in [0.1, 0.15) is 0 Å². The summed E-state index contributed by atoms with van der Waals surface area (Å²) in [5.41, 5.74) is 2.78. The Labute approximate surface area is 115 Å². The Morgan fingerprint density at radius 3 is 2.79 bits per heavy atom. The fourth-order valence-electron chi connectivity index (χ4n) is 3.69. The maximum absolute atomic E-state index is 3.44. The van der Waals surface area contributed by atoms with Gasteiger partial charge in [0.15, 0.2) is 0 Å². The fourth-order valence-corrected chi connectivity index (χ4v) is 3.69. The van der Waals surface area contributed by atoms with Crippen LogP contribution in [0.2, 0.25) is 0 Å². The maximum atomic E-state index is 3.44. The lowest BCUT2D eigenvalue weighted by atomic mass is 9.76. The number of H-pyrrole nitrogens is 1. The summed E-state index contributed by atoms with van der Waals surface area (Å²) in [7, 11) is 2.07. The van der Waals surface area contributed by atoms with Crippen LogP contribution in [0.25, 0.3) is 10.9 Å². The number of fused-ring (bicyclic) bond motifs is 1. The van der Waals surface area contributed by atoms with Crippen LogP contribution in [0, 0.1) is 5.92 Å². The Hall–Kier alpha value is -1.28. The SMILES string of the molecule is CNCC(c1c[nH]c2ccccc12)C1CCCCC1. The van der Waals surface area contributed by atoms with Gasteiger partial charge in [-0.15, -0.1) is 0 Å². The van der Waals surface area contributed by atoms with Gasteiger partial charge in [-0.05, 0) is 37.4 Å². The minimum Gasteiger partial charge on any atom is -0.361 e. The van der Waals surface area contributed by atoms with Gasteiger partial charge < -0.3 is 10.3 Å². The van der Waals surface area contributed by atoms with E-state index in [9.17, 15) is 0 Å². The van der Waals surface area contributed by atoms with Crippen molar-refractivity contribution in [3.05, 3.63) is 36.0 Å². The molecule has 1 aromatic carbocycles. The average molecular weight is 256 g/mol. The number of hydrogen-bond acceptors (Lipinski definition) is 1. The van der Waals surface area contributed by atoms with Crippen LogP contribution >= 0.6 is 0 Å². The molecule has 1 aliphatic rings. The molecule has 3 rings (SSSR count). The van der Waals surface area contributed by atoms with Gasteiger partial charge in [-0.2, -0.15) is 0 Å². The number of para-hydroxylation sites is 1. The van der Waals surface area contributed by atoms with Crippen molar-refractivity contribution in [3.63, 3.8) is 0 Å². The number of benzene rings is 1. The molecule has 102 valence electrons. The molecule has 2 N–H and O–H groups in total. The molecule has 1 unspecified atom stereocenters. The molecule has 2 nitrogen and oxygen atoms in total. The molecule has 1 aliphatic carbocycles. The van der Waals surface area contributed by atoms with Crippen molar-refractivity contribution < 1.29 is 0 Å². The molecule has 0 amide bonds. The molecule has 0 bridgehead atoms. The molecule has 0 saturated heterocycles. The van der Waals surface area contributed by atoms with E-state index in [1.54, 1.807) is 0 Å². The highest BCUT2D eigenvalue weighted by Gasteiger charge is 2.26. The van der Waals surface area contributed by atoms with E-state index in [4.69, 9.17) is 0 Å². The summed E-state index contributed by atoms with van der Waals surface area (Å²) in [6.45, 7) is 1.09. The van der Waals surface area contributed by atoms with Gasteiger partial charge in [0.25, 0.3) is 0 Å². The molecule has 1 saturated carbocycles. The molecule has 2 heteroatoms. The van der Waals surface area contributed by atoms with Crippen LogP contribution in [0.15, 0.2) is 30.5 Å². The van der Waals surface area contributed by atoms with E-state index in [0.717, 1.165) is 12.5 Å². The zero-order valence-corrected chi connectivity index (χ0v) is 11.8. The van der Waals surface area contributed by atoms with Crippen LogP contribution in [0.4, 0.5) is 0 Å². The highest BCUT2D eigenvalue weighted by Crippen LogP contribution is 2.38. The Morgan fingerprint density at radius 1 is 1.21 bits per heavy atom. The number of rotatable bonds is 4. The topological polar surface area (TPSA) is 27.8 Å². The maximum Gasteiger partial charge on any atom is 0.0456 e. The molecule has 1 heterocycles. The summed E-state index contributed by atoms with van der Waals surface area (Å²) in [6, 6.07) is 8.69. The predicted molar refractivity (Wildman–Crippen MR) is 81.5 cm³/mol. The van der Waals surface area contributed by atoms with E-state index < -0.39 is 0 Å². The zero-order chi connectivity index (χ0) is 13.1. The normalized spacial score (nSPS) is 18.8. The summed E-state index contributed by atoms with van der Waals surface area (Å²) >= 11 is 0. The Kier molecular flexibility index (Phi) is 3.88. The molecule has 0 radical (unpaired) electrons. The van der Waals surface area contributed by atoms with Crippen molar-refractivity contribution in [2.75, 3.05) is 13.6 Å². The first-order valence-electron chi connectivity index (χ1n) is 7.61. The van der Waals surface area contributed by atoms with Gasteiger partial charge >= 0.3 is 0 Å². The fraction of sp³-hybridized carbons (Fsp3) is 0.529. The Bertz CT molecular complexity index is 523. The highest BCUT2D eigenvalue weighted by atomic mass is 14.8. The quantitative estimate of drug-likeness (QED) is 0.848. The third-order valence-corrected chi connectivity index (χ3v) is 4.66. The van der Waals surface area contributed by atoms with Gasteiger partial charge in [0, 0.05) is 29.6 Å². The second-order valence-corrected chi connectivity index (χ2v) is 5.85. The van der Waals surface area contributed by atoms with Crippen LogP contribution in [0.5, 0.6) is 0 Å². The van der Waals surface area contributed by atoms with Crippen LogP contribution in [-0.2, 0) is 0 Å². The van der Waals surface area contributed by atoms with E-state index in [1.165, 1.54) is 48.6 Å². The number of aromatic nitrogens is 1. The third kappa shape index (κ3) is 2.55. The lowest BCUT2D eigenvalue weighted by Gasteiger charge is -2.30. The predicted octanol–water partition coefficient (Wildman–Crippen LogP) is 4.05. The van der Waals surface area contributed by atoms with Crippen molar-refractivity contribution in [1.29, 1.82) is 0 Å². The van der Waals surface area contributed by atoms with Crippen molar-refractivity contribution >= 4 is 10.9 Å². The van der Waals surface area contributed by atoms with Gasteiger partial charge in [0.2, 0.25) is 0 Å². The largest absolute Gasteiger partial charge is 0.361 e. The van der Waals surface area contributed by atoms with Crippen LogP contribution in [0.3, 0.4) is 0 Å². The molecular formula is C17H24N2. The van der Waals surface area contributed by atoms with Crippen LogP contribution < -0.4 is 5.32 Å². The zero-order valence-electron chi connectivity index (χ0n) is 11.8. The smallest absolute Gasteiger partial charge is 0.0456 e. The monoisotopic (exact) mass is 256 g/mol. The highest BCUT2D eigenvalue weighted by molar-refractivity contribution is 5.83. The molecule has 19 heavy (non-hydrogen) atoms. The number of nitrogens with one attached hydrogen (secondary N) is 2. The minimum absolute atomic E-state index is 0.654. The van der Waals surface area contributed by atoms with Crippen molar-refractivity contribution in [1.82, 2.24) is 10.3 Å². The summed E-state index contributed by atoms with van der Waals surface area (Å²) in [6.07, 6.45) is 9.27. The average Bonchev–Trinajstić information content (AvgIpc) is 2.89. The van der Waals surface area contributed by atoms with Crippen LogP contribution in [0.1, 0.15) is 43.6 Å². The van der Waals surface area contributed by atoms with Crippen LogP contribution in [-0.4, -0.2) is 18.6 Å². The molecule has 1 atom stereocenters. The van der Waals surface area contributed by atoms with E-state index in [1.807, 2.05) is 0 Å². The molecule has 1 fully saturated rings. The summed E-state index contributed by atoms with van der Waals surface area (Å²) in [5, 5.41) is 4.81. The van der Waals surface area contributed by atoms with Crippen molar-refractivity contribution in [2.45, 2.75) is 38.0 Å². The summed E-state index contributed by atoms with van der Waals surface area (Å²) in [5.74, 6) is 1.50. The molecule has 2 aromatic rings. The number of aromatic amines is 1. The Morgan fingerprint density at radius 2 is 2.00 bits per heavy atom. The number of hydrogen-bond donors (Lipinski definition) is 2. The lowest BCUT2D eigenvalue weighted by Crippen LogP contribution is -2.25. The first kappa shape index (κ1) is 12.7. The van der Waals surface area contributed by atoms with Crippen molar-refractivity contribution in [3.8, 4) is 0 Å². The van der Waals surface area contributed by atoms with E-state index in [-0.39, 0.29) is 0 Å². The Balaban J connectivity index is 1.94. The second-order valence-electron chi connectivity index (χ2n) is 5.85. The third-order valence-electron chi connectivity index (χ3n) is 4.66. The van der Waals surface area contributed by atoms with Gasteiger partial charge in [-0.1, -0.05) is 37.5 Å². The molecule has 0 spiro atoms. The first-order chi connectivity index (χ1) is 9.40. The summed E-state index contributed by atoms with van der Waals surface area (Å²) < 4.78 is 0. The summed E-state index contributed by atoms with van der Waals surface area (Å²) in [4.78, 5) is 3.44. The van der Waals surface area contributed by atoms with Gasteiger partial charge in [0.05, 0.1) is 0 Å². The molecular weight excluding hydrogens is 232 g/mol. The van der Waals surface area contributed by atoms with Gasteiger partial charge in [-0.25, -0.2) is 0 Å². The lowest BCUT2D eigenvalue weighted by molar-refractivity contribution is 0.301. The van der Waals surface area contributed by atoms with E-state index in [0.29, 0.717) is 5.92 Å². The minimum atomic E-state index is 0.654.